The normalized spacial score (nSPS) is 22.0. The lowest BCUT2D eigenvalue weighted by Crippen LogP contribution is -2.28. The second-order valence-electron chi connectivity index (χ2n) is 23.9. The van der Waals surface area contributed by atoms with Gasteiger partial charge in [0.15, 0.2) is 33.5 Å². The Kier molecular flexibility index (Phi) is 20.3. The van der Waals surface area contributed by atoms with E-state index >= 15 is 0 Å². The lowest BCUT2D eigenvalue weighted by molar-refractivity contribution is 0.0465. The van der Waals surface area contributed by atoms with Crippen LogP contribution in [0, 0.1) is 35.5 Å². The molecular weight excluding hydrogens is 1210 g/mol. The number of aromatic nitrogens is 12. The number of nitrogens with zero attached hydrogens (tertiary/aromatic N) is 11. The second-order valence-corrected chi connectivity index (χ2v) is 25.6. The van der Waals surface area contributed by atoms with E-state index in [9.17, 15) is 23.4 Å². The standard InChI is InChI=1S/C28H33N5O5S.C27H29N5O2.C12H15N5O3/c1-19-13-24(23(17-38-39(2,34)35)22(19)16-36-14-20-9-5-3-6-10-20)33-18-30-25-26(33)31-28(29)32-27(25)37-15-21-11-7-4-8-12-21;1-18-13-23(19(2)22(18)16-33-14-20-9-5-3-6-10-20)32-17-29-24-25(32)30-27(28)31-26(24)34-15-21-11-7-4-8-12-21;1-5-6(3-18)8(19)2-7(5)17-4-14-9-10(17)15-12(13)16-11(9)20/h3-12,18-19,22-24H,13-17H2,1-2H3,(H2,29,31,32);3-12,17-18,22-23H,2,13-16H2,1H3,(H2,28,30,31);4,6-8,18-19H,1-3H2,(H3,13,15,16,20)/t19-,22+,23-,24-;18-,22+,23-;6-,7-,8-/m000/s1. The predicted octanol–water partition coefficient (Wildman–Crippen LogP) is 8.12. The molecule has 10 aromatic rings. The molecule has 0 aliphatic heterocycles. The van der Waals surface area contributed by atoms with E-state index in [1.165, 1.54) is 11.9 Å². The minimum absolute atomic E-state index is 0.00659. The molecule has 3 aliphatic rings. The van der Waals surface area contributed by atoms with Crippen molar-refractivity contribution in [3.63, 3.8) is 0 Å². The lowest BCUT2D eigenvalue weighted by atomic mass is 9.91. The van der Waals surface area contributed by atoms with Crippen LogP contribution in [0.2, 0.25) is 0 Å². The maximum absolute atomic E-state index is 11.9. The topological polar surface area (TPSA) is 350 Å². The van der Waals surface area contributed by atoms with Crippen molar-refractivity contribution in [3.05, 3.63) is 197 Å². The van der Waals surface area contributed by atoms with E-state index in [4.69, 9.17) is 40.3 Å². The number of hydrogen-bond donors (Lipinski definition) is 6. The molecule has 93 heavy (non-hydrogen) atoms. The van der Waals surface area contributed by atoms with E-state index in [0.29, 0.717) is 97.3 Å². The van der Waals surface area contributed by atoms with Gasteiger partial charge in [-0.1, -0.05) is 148 Å². The van der Waals surface area contributed by atoms with Gasteiger partial charge in [0.2, 0.25) is 29.6 Å². The Morgan fingerprint density at radius 1 is 0.559 bits per heavy atom. The van der Waals surface area contributed by atoms with Gasteiger partial charge in [0.1, 0.15) is 13.2 Å². The van der Waals surface area contributed by atoms with Crippen LogP contribution in [0.4, 0.5) is 17.8 Å². The first-order valence-corrected chi connectivity index (χ1v) is 32.5. The van der Waals surface area contributed by atoms with Gasteiger partial charge in [-0.15, -0.1) is 0 Å². The Labute approximate surface area is 537 Å². The van der Waals surface area contributed by atoms with Crippen LogP contribution in [-0.2, 0) is 50.2 Å². The van der Waals surface area contributed by atoms with Crippen molar-refractivity contribution >= 4 is 61.5 Å². The first-order chi connectivity index (χ1) is 44.9. The Hall–Kier alpha value is -9.44. The fourth-order valence-corrected chi connectivity index (χ4v) is 13.2. The van der Waals surface area contributed by atoms with Gasteiger partial charge in [-0.2, -0.15) is 33.3 Å². The highest BCUT2D eigenvalue weighted by Crippen LogP contribution is 2.47. The van der Waals surface area contributed by atoms with Crippen molar-refractivity contribution in [2.24, 2.45) is 35.5 Å². The van der Waals surface area contributed by atoms with Crippen molar-refractivity contribution in [1.82, 2.24) is 58.6 Å². The van der Waals surface area contributed by atoms with Gasteiger partial charge in [-0.3, -0.25) is 14.0 Å². The fourth-order valence-electron chi connectivity index (χ4n) is 12.8. The van der Waals surface area contributed by atoms with E-state index < -0.39 is 21.8 Å². The van der Waals surface area contributed by atoms with Crippen LogP contribution in [-0.4, -0.2) is 116 Å². The van der Waals surface area contributed by atoms with Gasteiger partial charge in [-0.05, 0) is 70.4 Å². The van der Waals surface area contributed by atoms with Crippen LogP contribution in [0.1, 0.15) is 73.5 Å². The minimum atomic E-state index is -3.63. The van der Waals surface area contributed by atoms with E-state index in [1.807, 2.05) is 114 Å². The van der Waals surface area contributed by atoms with Gasteiger partial charge < -0.3 is 60.1 Å². The van der Waals surface area contributed by atoms with Gasteiger partial charge in [-0.25, -0.2) is 15.0 Å². The Balaban J connectivity index is 0.000000149. The van der Waals surface area contributed by atoms with Crippen LogP contribution in [0.3, 0.4) is 0 Å². The number of aliphatic hydroxyl groups excluding tert-OH is 2. The molecule has 0 radical (unpaired) electrons. The number of nitrogens with two attached hydrogens (primary N) is 3. The molecule has 6 heterocycles. The molecule has 3 aliphatic carbocycles. The summed E-state index contributed by atoms with van der Waals surface area (Å²) >= 11 is 0. The summed E-state index contributed by atoms with van der Waals surface area (Å²) in [4.78, 5) is 49.0. The number of fused-ring (bicyclic) bond motifs is 3. The summed E-state index contributed by atoms with van der Waals surface area (Å²) in [5.41, 5.74) is 26.2. The number of anilines is 3. The quantitative estimate of drug-likeness (QED) is 0.0292. The van der Waals surface area contributed by atoms with Crippen LogP contribution in [0.5, 0.6) is 11.8 Å². The summed E-state index contributed by atoms with van der Waals surface area (Å²) in [6.07, 6.45) is 7.47. The van der Waals surface area contributed by atoms with E-state index in [1.54, 1.807) is 17.2 Å². The molecule has 0 amide bonds. The van der Waals surface area contributed by atoms with E-state index in [0.717, 1.165) is 41.4 Å². The first kappa shape index (κ1) is 65.1. The average molecular weight is 1280 g/mol. The Morgan fingerprint density at radius 2 is 1.01 bits per heavy atom. The van der Waals surface area contributed by atoms with Crippen LogP contribution in [0.15, 0.2) is 169 Å². The molecule has 3 saturated carbocycles. The molecule has 0 unspecified atom stereocenters. The lowest BCUT2D eigenvalue weighted by Gasteiger charge is -2.26. The molecule has 25 nitrogen and oxygen atoms in total. The number of nitrogen functional groups attached to an aromatic ring is 3. The molecule has 10 atom stereocenters. The number of aliphatic hydroxyl groups is 2. The molecule has 26 heteroatoms. The summed E-state index contributed by atoms with van der Waals surface area (Å²) in [6.45, 7) is 15.5. The number of H-pyrrole nitrogens is 1. The molecule has 13 rings (SSSR count). The molecule has 0 bridgehead atoms. The smallest absolute Gasteiger partial charge is 0.280 e. The SMILES string of the molecule is C=C1[C@H](CO)[C@@H](O)C[C@@H]1n1cnc2c(=O)[nH]c(N)nc21.C=C1[C@H](COCc2ccccc2)[C@@H](C)C[C@@H]1n1cnc2c(OCc3ccccc3)nc(N)nc21.C[C@H]1C[C@H](n2cnc3c(OCc4ccccc4)nc(N)nc32)[C@@H](COS(C)(=O)=O)[C@@H]1COCc1ccccc1. The van der Waals surface area contributed by atoms with Crippen molar-refractivity contribution in [2.75, 3.05) is 49.9 Å². The van der Waals surface area contributed by atoms with Crippen LogP contribution in [0.25, 0.3) is 33.5 Å². The number of rotatable bonds is 21. The highest BCUT2D eigenvalue weighted by molar-refractivity contribution is 7.86. The van der Waals surface area contributed by atoms with Gasteiger partial charge in [0.05, 0.1) is 83.1 Å². The maximum atomic E-state index is 11.9. The van der Waals surface area contributed by atoms with Crippen molar-refractivity contribution in [3.8, 4) is 11.8 Å². The third kappa shape index (κ3) is 15.2. The first-order valence-electron chi connectivity index (χ1n) is 30.7. The van der Waals surface area contributed by atoms with Gasteiger partial charge >= 0.3 is 0 Å². The number of imidazole rings is 3. The molecule has 486 valence electrons. The molecule has 3 fully saturated rings. The zero-order valence-electron chi connectivity index (χ0n) is 52.0. The van der Waals surface area contributed by atoms with E-state index in [-0.39, 0.29) is 84.3 Å². The summed E-state index contributed by atoms with van der Waals surface area (Å²) in [6, 6.07) is 39.6. The number of ether oxygens (including phenoxy) is 4. The van der Waals surface area contributed by atoms with Crippen molar-refractivity contribution < 1.29 is 41.8 Å². The minimum Gasteiger partial charge on any atom is -0.471 e. The monoisotopic (exact) mass is 1280 g/mol. The van der Waals surface area contributed by atoms with Gasteiger partial charge in [0.25, 0.3) is 15.7 Å². The third-order valence-electron chi connectivity index (χ3n) is 17.6. The molecule has 6 aromatic heterocycles. The molecular formula is C67H77N15O10S. The number of aromatic amines is 1. The molecule has 4 aromatic carbocycles. The molecule has 9 N–H and O–H groups in total. The highest BCUT2D eigenvalue weighted by Gasteiger charge is 2.44. The molecule has 0 spiro atoms. The average Bonchev–Trinajstić information content (AvgIpc) is 1.64. The third-order valence-corrected chi connectivity index (χ3v) is 18.2. The maximum Gasteiger partial charge on any atom is 0.280 e. The summed E-state index contributed by atoms with van der Waals surface area (Å²) < 4.78 is 59.0. The van der Waals surface area contributed by atoms with Crippen LogP contribution < -0.4 is 32.2 Å². The number of hydrogen-bond acceptors (Lipinski definition) is 21. The second kappa shape index (κ2) is 29.0. The van der Waals surface area contributed by atoms with E-state index in [2.05, 4.69) is 88.6 Å². The van der Waals surface area contributed by atoms with Gasteiger partial charge in [0, 0.05) is 23.8 Å². The Bertz CT molecular complexity index is 4370. The summed E-state index contributed by atoms with van der Waals surface area (Å²) in [7, 11) is -3.63. The predicted molar refractivity (Wildman–Crippen MR) is 351 cm³/mol. The van der Waals surface area contributed by atoms with Crippen molar-refractivity contribution in [2.45, 2.75) is 83.8 Å². The molecule has 0 saturated heterocycles. The van der Waals surface area contributed by atoms with Crippen LogP contribution >= 0.6 is 0 Å². The zero-order chi connectivity index (χ0) is 65.3. The fraction of sp³-hybridized carbons (Fsp3) is 0.358. The van der Waals surface area contributed by atoms with Crippen molar-refractivity contribution in [1.29, 1.82) is 0 Å². The summed E-state index contributed by atoms with van der Waals surface area (Å²) in [5.74, 6) is 1.40. The Morgan fingerprint density at radius 3 is 1.52 bits per heavy atom. The number of benzene rings is 4. The largest absolute Gasteiger partial charge is 0.471 e. The summed E-state index contributed by atoms with van der Waals surface area (Å²) in [5, 5.41) is 19.2. The highest BCUT2D eigenvalue weighted by atomic mass is 32.2. The zero-order valence-corrected chi connectivity index (χ0v) is 52.8. The number of nitrogens with one attached hydrogen (secondary N) is 1.